The smallest absolute Gasteiger partial charge is 0.399 e. The minimum absolute atomic E-state index is 0.170. The van der Waals surface area contributed by atoms with E-state index in [0.717, 1.165) is 0 Å². The second-order valence-corrected chi connectivity index (χ2v) is 4.81. The number of carbonyl (C=O) groups excluding carboxylic acids is 1. The Morgan fingerprint density at radius 1 is 1.10 bits per heavy atom. The van der Waals surface area contributed by atoms with E-state index >= 15 is 0 Å². The summed E-state index contributed by atoms with van der Waals surface area (Å²) in [5.41, 5.74) is 6.61. The van der Waals surface area contributed by atoms with Crippen molar-refractivity contribution in [2.24, 2.45) is 0 Å². The first-order chi connectivity index (χ1) is 9.35. The number of halogens is 3. The van der Waals surface area contributed by atoms with Crippen LogP contribution in [0.1, 0.15) is 10.4 Å². The lowest BCUT2D eigenvalue weighted by Crippen LogP contribution is -2.50. The van der Waals surface area contributed by atoms with Crippen molar-refractivity contribution >= 4 is 11.6 Å². The summed E-state index contributed by atoms with van der Waals surface area (Å²) in [7, 11) is 0. The maximum Gasteiger partial charge on any atom is 0.401 e. The van der Waals surface area contributed by atoms with Crippen molar-refractivity contribution in [1.29, 1.82) is 0 Å². The normalized spacial score (nSPS) is 17.2. The predicted molar refractivity (Wildman–Crippen MR) is 69.3 cm³/mol. The third-order valence-corrected chi connectivity index (χ3v) is 3.22. The summed E-state index contributed by atoms with van der Waals surface area (Å²) in [5.74, 6) is -0.170. The number of carbonyl (C=O) groups is 1. The van der Waals surface area contributed by atoms with Crippen LogP contribution in [0.5, 0.6) is 0 Å². The third-order valence-electron chi connectivity index (χ3n) is 3.22. The van der Waals surface area contributed by atoms with Crippen molar-refractivity contribution < 1.29 is 18.0 Å². The van der Waals surface area contributed by atoms with Gasteiger partial charge in [0.25, 0.3) is 5.91 Å². The highest BCUT2D eigenvalue weighted by atomic mass is 19.4. The molecule has 1 saturated heterocycles. The molecule has 0 radical (unpaired) electrons. The Labute approximate surface area is 114 Å². The van der Waals surface area contributed by atoms with E-state index in [1.807, 2.05) is 0 Å². The van der Waals surface area contributed by atoms with Gasteiger partial charge in [-0.3, -0.25) is 9.69 Å². The largest absolute Gasteiger partial charge is 0.401 e. The van der Waals surface area contributed by atoms with E-state index in [-0.39, 0.29) is 19.0 Å². The molecule has 2 rings (SSSR count). The first-order valence-electron chi connectivity index (χ1n) is 6.29. The molecule has 1 aliphatic rings. The number of rotatable bonds is 2. The fourth-order valence-corrected chi connectivity index (χ4v) is 2.17. The highest BCUT2D eigenvalue weighted by molar-refractivity contribution is 5.94. The Balaban J connectivity index is 1.90. The Kier molecular flexibility index (Phi) is 4.17. The number of anilines is 1. The van der Waals surface area contributed by atoms with Crippen LogP contribution in [-0.2, 0) is 0 Å². The van der Waals surface area contributed by atoms with Crippen LogP contribution in [-0.4, -0.2) is 54.6 Å². The molecule has 0 atom stereocenters. The highest BCUT2D eigenvalue weighted by Gasteiger charge is 2.32. The SMILES string of the molecule is Nc1ccc(C(=O)N2CCN(CC(F)(F)F)CC2)cc1. The molecule has 4 nitrogen and oxygen atoms in total. The topological polar surface area (TPSA) is 49.6 Å². The lowest BCUT2D eigenvalue weighted by atomic mass is 10.1. The molecule has 0 saturated carbocycles. The number of nitrogen functional groups attached to an aromatic ring is 1. The van der Waals surface area contributed by atoms with Gasteiger partial charge in [-0.2, -0.15) is 13.2 Å². The number of benzene rings is 1. The molecule has 1 fully saturated rings. The average molecular weight is 287 g/mol. The zero-order valence-electron chi connectivity index (χ0n) is 10.9. The summed E-state index contributed by atoms with van der Waals surface area (Å²) in [6.07, 6.45) is -4.19. The fraction of sp³-hybridized carbons (Fsp3) is 0.462. The fourth-order valence-electron chi connectivity index (χ4n) is 2.17. The molecule has 20 heavy (non-hydrogen) atoms. The molecule has 0 spiro atoms. The summed E-state index contributed by atoms with van der Waals surface area (Å²) in [6, 6.07) is 6.51. The van der Waals surface area contributed by atoms with Crippen molar-refractivity contribution in [3.05, 3.63) is 29.8 Å². The van der Waals surface area contributed by atoms with Gasteiger partial charge in [-0.1, -0.05) is 0 Å². The summed E-state index contributed by atoms with van der Waals surface area (Å²) in [4.78, 5) is 15.0. The van der Waals surface area contributed by atoms with Gasteiger partial charge in [-0.15, -0.1) is 0 Å². The highest BCUT2D eigenvalue weighted by Crippen LogP contribution is 2.18. The van der Waals surface area contributed by atoms with Crippen molar-refractivity contribution in [1.82, 2.24) is 9.80 Å². The monoisotopic (exact) mass is 287 g/mol. The van der Waals surface area contributed by atoms with Crippen molar-refractivity contribution in [3.63, 3.8) is 0 Å². The van der Waals surface area contributed by atoms with E-state index < -0.39 is 12.7 Å². The van der Waals surface area contributed by atoms with Gasteiger partial charge in [0, 0.05) is 37.4 Å². The molecule has 1 amide bonds. The number of hydrogen-bond acceptors (Lipinski definition) is 3. The zero-order valence-corrected chi connectivity index (χ0v) is 10.9. The quantitative estimate of drug-likeness (QED) is 0.840. The van der Waals surface area contributed by atoms with E-state index in [1.54, 1.807) is 29.2 Å². The van der Waals surface area contributed by atoms with Crippen molar-refractivity contribution in [3.8, 4) is 0 Å². The molecule has 110 valence electrons. The summed E-state index contributed by atoms with van der Waals surface area (Å²) in [5, 5.41) is 0. The Morgan fingerprint density at radius 2 is 1.65 bits per heavy atom. The summed E-state index contributed by atoms with van der Waals surface area (Å²) in [6.45, 7) is 0.163. The van der Waals surface area contributed by atoms with Crippen molar-refractivity contribution in [2.75, 3.05) is 38.5 Å². The number of alkyl halides is 3. The standard InChI is InChI=1S/C13H16F3N3O/c14-13(15,16)9-18-5-7-19(8-6-18)12(20)10-1-3-11(17)4-2-10/h1-4H,5-9,17H2. The molecule has 1 heterocycles. The summed E-state index contributed by atoms with van der Waals surface area (Å²) < 4.78 is 36.8. The molecule has 0 unspecified atom stereocenters. The third kappa shape index (κ3) is 3.86. The average Bonchev–Trinajstić information content (AvgIpc) is 2.38. The van der Waals surface area contributed by atoms with Gasteiger partial charge >= 0.3 is 6.18 Å². The van der Waals surface area contributed by atoms with Crippen LogP contribution in [0.4, 0.5) is 18.9 Å². The van der Waals surface area contributed by atoms with Gasteiger partial charge in [0.05, 0.1) is 6.54 Å². The molecule has 7 heteroatoms. The number of nitrogens with two attached hydrogens (primary N) is 1. The van der Waals surface area contributed by atoms with Crippen LogP contribution in [0.15, 0.2) is 24.3 Å². The van der Waals surface area contributed by atoms with Crippen molar-refractivity contribution in [2.45, 2.75) is 6.18 Å². The Bertz CT molecular complexity index is 465. The second-order valence-electron chi connectivity index (χ2n) is 4.81. The molecular formula is C13H16F3N3O. The van der Waals surface area contributed by atoms with Crippen LogP contribution in [0.3, 0.4) is 0 Å². The van der Waals surface area contributed by atoms with Crippen LogP contribution in [0, 0.1) is 0 Å². The molecule has 2 N–H and O–H groups in total. The van der Waals surface area contributed by atoms with Gasteiger partial charge in [0.15, 0.2) is 0 Å². The first kappa shape index (κ1) is 14.6. The van der Waals surface area contributed by atoms with Crippen LogP contribution in [0.2, 0.25) is 0 Å². The molecule has 0 aliphatic carbocycles. The Morgan fingerprint density at radius 3 is 2.15 bits per heavy atom. The molecule has 1 aliphatic heterocycles. The lowest BCUT2D eigenvalue weighted by Gasteiger charge is -2.35. The minimum Gasteiger partial charge on any atom is -0.399 e. The molecule has 1 aromatic rings. The number of hydrogen-bond donors (Lipinski definition) is 1. The lowest BCUT2D eigenvalue weighted by molar-refractivity contribution is -0.148. The number of nitrogens with zero attached hydrogens (tertiary/aromatic N) is 2. The zero-order chi connectivity index (χ0) is 14.8. The Hall–Kier alpha value is -1.76. The number of amides is 1. The minimum atomic E-state index is -4.19. The second kappa shape index (κ2) is 5.70. The first-order valence-corrected chi connectivity index (χ1v) is 6.29. The van der Waals surface area contributed by atoms with Gasteiger partial charge in [-0.25, -0.2) is 0 Å². The van der Waals surface area contributed by atoms with E-state index in [1.165, 1.54) is 4.90 Å². The van der Waals surface area contributed by atoms with Crippen LogP contribution in [0.25, 0.3) is 0 Å². The van der Waals surface area contributed by atoms with E-state index in [2.05, 4.69) is 0 Å². The number of piperazine rings is 1. The van der Waals surface area contributed by atoms with Gasteiger partial charge < -0.3 is 10.6 Å². The van der Waals surface area contributed by atoms with E-state index in [9.17, 15) is 18.0 Å². The molecule has 0 bridgehead atoms. The molecule has 0 aromatic heterocycles. The van der Waals surface area contributed by atoms with Gasteiger partial charge in [0.1, 0.15) is 0 Å². The van der Waals surface area contributed by atoms with E-state index in [0.29, 0.717) is 24.3 Å². The van der Waals surface area contributed by atoms with Crippen LogP contribution < -0.4 is 5.73 Å². The van der Waals surface area contributed by atoms with Gasteiger partial charge in [-0.05, 0) is 24.3 Å². The maximum absolute atomic E-state index is 12.3. The van der Waals surface area contributed by atoms with E-state index in [4.69, 9.17) is 5.73 Å². The summed E-state index contributed by atoms with van der Waals surface area (Å²) >= 11 is 0. The molecular weight excluding hydrogens is 271 g/mol. The predicted octanol–water partition coefficient (Wildman–Crippen LogP) is 1.59. The molecule has 1 aromatic carbocycles. The maximum atomic E-state index is 12.3. The van der Waals surface area contributed by atoms with Gasteiger partial charge in [0.2, 0.25) is 0 Å². The van der Waals surface area contributed by atoms with Crippen LogP contribution >= 0.6 is 0 Å².